The summed E-state index contributed by atoms with van der Waals surface area (Å²) in [5.74, 6) is -0.948. The Morgan fingerprint density at radius 2 is 2.07 bits per heavy atom. The van der Waals surface area contributed by atoms with Crippen LogP contribution in [0.4, 0.5) is 3.89 Å². The molecule has 0 unspecified atom stereocenters. The van der Waals surface area contributed by atoms with E-state index in [0.717, 1.165) is 13.2 Å². The van der Waals surface area contributed by atoms with E-state index in [1.54, 1.807) is 0 Å². The second kappa shape index (κ2) is 4.15. The minimum Gasteiger partial charge on any atom is -0.494 e. The Kier molecular flexibility index (Phi) is 3.30. The van der Waals surface area contributed by atoms with Crippen LogP contribution >= 0.6 is 11.3 Å². The first-order chi connectivity index (χ1) is 6.90. The summed E-state index contributed by atoms with van der Waals surface area (Å²) < 4.78 is 42.4. The molecule has 5 nitrogen and oxygen atoms in total. The smallest absolute Gasteiger partial charge is 0.348 e. The van der Waals surface area contributed by atoms with Crippen LogP contribution < -0.4 is 4.74 Å². The lowest BCUT2D eigenvalue weighted by Gasteiger charge is -1.95. The van der Waals surface area contributed by atoms with Gasteiger partial charge in [-0.15, -0.1) is 11.3 Å². The molecule has 15 heavy (non-hydrogen) atoms. The molecule has 1 rings (SSSR count). The van der Waals surface area contributed by atoms with E-state index in [9.17, 15) is 17.1 Å². The topological polar surface area (TPSA) is 69.7 Å². The largest absolute Gasteiger partial charge is 0.494 e. The van der Waals surface area contributed by atoms with Crippen LogP contribution in [-0.2, 0) is 15.0 Å². The van der Waals surface area contributed by atoms with Crippen molar-refractivity contribution in [2.24, 2.45) is 0 Å². The lowest BCUT2D eigenvalue weighted by atomic mass is 10.4. The van der Waals surface area contributed by atoms with Gasteiger partial charge in [-0.05, 0) is 0 Å². The average molecular weight is 254 g/mol. The second-order valence-corrected chi connectivity index (χ2v) is 4.99. The maximum absolute atomic E-state index is 12.7. The van der Waals surface area contributed by atoms with Crippen molar-refractivity contribution in [2.75, 3.05) is 14.2 Å². The van der Waals surface area contributed by atoms with Gasteiger partial charge in [0.2, 0.25) is 0 Å². The minimum absolute atomic E-state index is 0.0365. The van der Waals surface area contributed by atoms with Crippen molar-refractivity contribution < 1.29 is 26.6 Å². The van der Waals surface area contributed by atoms with Gasteiger partial charge in [0.1, 0.15) is 4.88 Å². The summed E-state index contributed by atoms with van der Waals surface area (Å²) in [5.41, 5.74) is 0. The predicted molar refractivity (Wildman–Crippen MR) is 50.5 cm³/mol. The molecule has 0 aliphatic heterocycles. The highest BCUT2D eigenvalue weighted by atomic mass is 32.3. The zero-order valence-electron chi connectivity index (χ0n) is 7.81. The molecule has 0 saturated carbocycles. The fraction of sp³-hybridized carbons (Fsp3) is 0.286. The molecule has 1 aromatic heterocycles. The van der Waals surface area contributed by atoms with Crippen LogP contribution in [0.1, 0.15) is 9.67 Å². The molecule has 1 aromatic rings. The van der Waals surface area contributed by atoms with Crippen molar-refractivity contribution in [3.8, 4) is 5.75 Å². The molecule has 0 aliphatic rings. The Morgan fingerprint density at radius 3 is 2.40 bits per heavy atom. The average Bonchev–Trinajstić information content (AvgIpc) is 2.59. The minimum atomic E-state index is -4.88. The van der Waals surface area contributed by atoms with Crippen LogP contribution in [0, 0.1) is 0 Å². The van der Waals surface area contributed by atoms with E-state index in [-0.39, 0.29) is 10.6 Å². The van der Waals surface area contributed by atoms with E-state index >= 15 is 0 Å². The lowest BCUT2D eigenvalue weighted by Crippen LogP contribution is -1.96. The Balaban J connectivity index is 3.30. The lowest BCUT2D eigenvalue weighted by molar-refractivity contribution is 0.0606. The number of rotatable bonds is 3. The standard InChI is InChI=1S/C7H7FO5S2/c1-12-4-3-5(6(9)13-2)14-7(4)15(8,10)11/h3H,1-2H3. The number of ether oxygens (including phenoxy) is 2. The van der Waals surface area contributed by atoms with Gasteiger partial charge in [0.05, 0.1) is 14.2 Å². The van der Waals surface area contributed by atoms with Crippen LogP contribution in [0.5, 0.6) is 5.75 Å². The molecule has 0 atom stereocenters. The summed E-state index contributed by atoms with van der Waals surface area (Å²) in [6.07, 6.45) is 0. The maximum Gasteiger partial charge on any atom is 0.348 e. The molecule has 84 valence electrons. The van der Waals surface area contributed by atoms with E-state index in [2.05, 4.69) is 9.47 Å². The van der Waals surface area contributed by atoms with E-state index in [1.165, 1.54) is 7.11 Å². The monoisotopic (exact) mass is 254 g/mol. The summed E-state index contributed by atoms with van der Waals surface area (Å²) in [5, 5.41) is 0. The van der Waals surface area contributed by atoms with E-state index in [0.29, 0.717) is 11.3 Å². The zero-order valence-corrected chi connectivity index (χ0v) is 9.45. The fourth-order valence-electron chi connectivity index (χ4n) is 0.871. The fourth-order valence-corrected chi connectivity index (χ4v) is 2.70. The van der Waals surface area contributed by atoms with Crippen LogP contribution in [0.2, 0.25) is 0 Å². The van der Waals surface area contributed by atoms with Crippen LogP contribution in [-0.4, -0.2) is 28.6 Å². The summed E-state index contributed by atoms with van der Waals surface area (Å²) in [6, 6.07) is 1.11. The Bertz CT molecular complexity index is 476. The number of halogens is 1. The summed E-state index contributed by atoms with van der Waals surface area (Å²) in [6.45, 7) is 0. The van der Waals surface area contributed by atoms with Gasteiger partial charge in [0, 0.05) is 6.07 Å². The van der Waals surface area contributed by atoms with Crippen molar-refractivity contribution in [3.05, 3.63) is 10.9 Å². The normalized spacial score (nSPS) is 11.1. The molecule has 0 bridgehead atoms. The van der Waals surface area contributed by atoms with Gasteiger partial charge in [-0.2, -0.15) is 8.42 Å². The van der Waals surface area contributed by atoms with Gasteiger partial charge in [-0.25, -0.2) is 4.79 Å². The van der Waals surface area contributed by atoms with Crippen molar-refractivity contribution in [3.63, 3.8) is 0 Å². The molecule has 0 spiro atoms. The molecule has 0 saturated heterocycles. The van der Waals surface area contributed by atoms with Gasteiger partial charge in [-0.3, -0.25) is 0 Å². The molecule has 0 N–H and O–H groups in total. The molecule has 0 fully saturated rings. The highest BCUT2D eigenvalue weighted by Gasteiger charge is 2.25. The molecule has 1 heterocycles. The SMILES string of the molecule is COC(=O)c1cc(OC)c(S(=O)(=O)F)s1. The number of methoxy groups -OCH3 is 2. The summed E-state index contributed by atoms with van der Waals surface area (Å²) >= 11 is 0.461. The number of hydrogen-bond acceptors (Lipinski definition) is 6. The molecule has 0 aliphatic carbocycles. The summed E-state index contributed by atoms with van der Waals surface area (Å²) in [4.78, 5) is 11.0. The van der Waals surface area contributed by atoms with Gasteiger partial charge in [-0.1, -0.05) is 3.89 Å². The molecular formula is C7H7FO5S2. The number of carbonyl (C=O) groups excluding carboxylic acids is 1. The Morgan fingerprint density at radius 1 is 1.47 bits per heavy atom. The van der Waals surface area contributed by atoms with E-state index in [4.69, 9.17) is 0 Å². The van der Waals surface area contributed by atoms with Crippen molar-refractivity contribution in [1.82, 2.24) is 0 Å². The number of carbonyl (C=O) groups is 1. The van der Waals surface area contributed by atoms with E-state index in [1.807, 2.05) is 0 Å². The van der Waals surface area contributed by atoms with Crippen molar-refractivity contribution in [1.29, 1.82) is 0 Å². The van der Waals surface area contributed by atoms with Crippen molar-refractivity contribution in [2.45, 2.75) is 4.21 Å². The van der Waals surface area contributed by atoms with Crippen molar-refractivity contribution >= 4 is 27.5 Å². The Hall–Kier alpha value is -1.15. The van der Waals surface area contributed by atoms with Gasteiger partial charge in [0.25, 0.3) is 0 Å². The number of thiophene rings is 1. The van der Waals surface area contributed by atoms with Crippen LogP contribution in [0.25, 0.3) is 0 Å². The highest BCUT2D eigenvalue weighted by molar-refractivity contribution is 7.88. The predicted octanol–water partition coefficient (Wildman–Crippen LogP) is 1.20. The zero-order chi connectivity index (χ0) is 11.6. The first kappa shape index (κ1) is 11.9. The third-order valence-electron chi connectivity index (χ3n) is 1.49. The summed E-state index contributed by atoms with van der Waals surface area (Å²) in [7, 11) is -2.57. The number of hydrogen-bond donors (Lipinski definition) is 0. The quantitative estimate of drug-likeness (QED) is 0.599. The van der Waals surface area contributed by atoms with Gasteiger partial charge < -0.3 is 9.47 Å². The second-order valence-electron chi connectivity index (χ2n) is 2.40. The third-order valence-corrected chi connectivity index (χ3v) is 3.88. The van der Waals surface area contributed by atoms with Crippen LogP contribution in [0.15, 0.2) is 10.3 Å². The Labute approximate surface area is 89.6 Å². The molecular weight excluding hydrogens is 247 g/mol. The molecule has 8 heteroatoms. The number of esters is 1. The maximum atomic E-state index is 12.7. The molecule has 0 aromatic carbocycles. The first-order valence-electron chi connectivity index (χ1n) is 3.61. The van der Waals surface area contributed by atoms with E-state index < -0.39 is 20.4 Å². The molecule has 0 amide bonds. The van der Waals surface area contributed by atoms with Gasteiger partial charge >= 0.3 is 16.2 Å². The highest BCUT2D eigenvalue weighted by Crippen LogP contribution is 2.34. The molecule has 0 radical (unpaired) electrons. The third kappa shape index (κ3) is 2.45. The van der Waals surface area contributed by atoms with Crippen LogP contribution in [0.3, 0.4) is 0 Å². The van der Waals surface area contributed by atoms with Gasteiger partial charge in [0.15, 0.2) is 9.96 Å². The first-order valence-corrected chi connectivity index (χ1v) is 5.81.